The number of amides is 4. The normalized spacial score (nSPS) is 25.6. The van der Waals surface area contributed by atoms with E-state index in [1.165, 1.54) is 9.80 Å². The highest BCUT2D eigenvalue weighted by Crippen LogP contribution is 2.64. The van der Waals surface area contributed by atoms with Crippen LogP contribution in [0, 0.1) is 36.0 Å². The number of halogens is 1. The summed E-state index contributed by atoms with van der Waals surface area (Å²) in [6, 6.07) is 25.7. The first-order valence-electron chi connectivity index (χ1n) is 19.0. The van der Waals surface area contributed by atoms with Crippen LogP contribution in [0.5, 0.6) is 5.75 Å². The summed E-state index contributed by atoms with van der Waals surface area (Å²) in [5.74, 6) is -4.07. The summed E-state index contributed by atoms with van der Waals surface area (Å²) in [4.78, 5) is 62.7. The molecule has 4 aliphatic rings. The number of hydrogen-bond donors (Lipinski definition) is 1. The van der Waals surface area contributed by atoms with E-state index in [1.807, 2.05) is 80.6 Å². The smallest absolute Gasteiger partial charge is 0.242 e. The monoisotopic (exact) mass is 792 g/mol. The molecule has 3 fully saturated rings. The van der Waals surface area contributed by atoms with Crippen molar-refractivity contribution in [3.8, 4) is 16.3 Å². The van der Waals surface area contributed by atoms with Gasteiger partial charge in [-0.2, -0.15) is 5.10 Å². The summed E-state index contributed by atoms with van der Waals surface area (Å²) in [5.41, 5.74) is 3.40. The summed E-state index contributed by atoms with van der Waals surface area (Å²) in [6.07, 6.45) is 4.30. The summed E-state index contributed by atoms with van der Waals surface area (Å²) >= 11 is 7.92. The molecule has 0 unspecified atom stereocenters. The molecule has 9 nitrogen and oxygen atoms in total. The number of nitrogens with zero attached hydrogens (tertiary/aromatic N) is 4. The Balaban J connectivity index is 1.11. The number of allylic oxidation sites excluding steroid dienone is 2. The van der Waals surface area contributed by atoms with Gasteiger partial charge in [-0.25, -0.2) is 4.90 Å². The van der Waals surface area contributed by atoms with Crippen molar-refractivity contribution in [1.82, 2.24) is 9.78 Å². The average molecular weight is 793 g/mol. The largest absolute Gasteiger partial charge is 0.507 e. The zero-order valence-corrected chi connectivity index (χ0v) is 33.0. The van der Waals surface area contributed by atoms with Crippen LogP contribution in [0.25, 0.3) is 37.5 Å². The second-order valence-corrected chi connectivity index (χ2v) is 17.4. The zero-order valence-electron chi connectivity index (χ0n) is 31.4. The van der Waals surface area contributed by atoms with E-state index in [4.69, 9.17) is 16.7 Å². The maximum Gasteiger partial charge on any atom is 0.242 e. The number of fused-ring (bicyclic) bond motifs is 6. The van der Waals surface area contributed by atoms with Crippen LogP contribution in [0.1, 0.15) is 42.4 Å². The van der Waals surface area contributed by atoms with E-state index in [1.54, 1.807) is 53.4 Å². The number of anilines is 2. The Hall–Kier alpha value is -5.84. The number of carbonyl (C=O) groups is 4. The minimum absolute atomic E-state index is 0.104. The highest BCUT2D eigenvalue weighted by Gasteiger charge is 2.68. The van der Waals surface area contributed by atoms with Crippen LogP contribution in [-0.2, 0) is 26.2 Å². The Morgan fingerprint density at radius 3 is 2.40 bits per heavy atom. The average Bonchev–Trinajstić information content (AvgIpc) is 3.88. The fourth-order valence-electron chi connectivity index (χ4n) is 10.4. The number of carbonyl (C=O) groups excluding carboxylic acids is 4. The molecule has 2 saturated heterocycles. The molecular weight excluding hydrogens is 756 g/mol. The molecule has 2 aromatic heterocycles. The lowest BCUT2D eigenvalue weighted by atomic mass is 9.51. The Bertz CT molecular complexity index is 2820. The molecule has 6 atom stereocenters. The van der Waals surface area contributed by atoms with Gasteiger partial charge in [0.1, 0.15) is 17.3 Å². The molecule has 0 radical (unpaired) electrons. The van der Waals surface area contributed by atoms with Gasteiger partial charge in [-0.1, -0.05) is 78.4 Å². The number of phenols is 1. The van der Waals surface area contributed by atoms with Gasteiger partial charge in [0.05, 0.1) is 33.7 Å². The number of aromatic nitrogens is 2. The Kier molecular flexibility index (Phi) is 7.85. The molecule has 284 valence electrons. The molecule has 10 rings (SSSR count). The van der Waals surface area contributed by atoms with Crippen LogP contribution < -0.4 is 9.80 Å². The minimum atomic E-state index is -1.27. The van der Waals surface area contributed by atoms with Gasteiger partial charge < -0.3 is 5.11 Å². The van der Waals surface area contributed by atoms with E-state index in [0.717, 1.165) is 42.6 Å². The van der Waals surface area contributed by atoms with E-state index in [0.29, 0.717) is 34.0 Å². The molecule has 0 spiro atoms. The minimum Gasteiger partial charge on any atom is -0.507 e. The summed E-state index contributed by atoms with van der Waals surface area (Å²) in [5, 5.41) is 18.8. The molecule has 1 saturated carbocycles. The molecular formula is C46H37ClN4O5S. The number of phenolic OH excluding ortho intramolecular Hbond substituents is 1. The van der Waals surface area contributed by atoms with Crippen molar-refractivity contribution in [2.75, 3.05) is 9.80 Å². The number of aryl methyl sites for hydroxylation is 2. The molecule has 0 bridgehead atoms. The number of hydrogen-bond acceptors (Lipinski definition) is 7. The van der Waals surface area contributed by atoms with Crippen LogP contribution in [0.3, 0.4) is 0 Å². The van der Waals surface area contributed by atoms with E-state index >= 15 is 9.59 Å². The van der Waals surface area contributed by atoms with Crippen LogP contribution >= 0.6 is 22.9 Å². The molecule has 57 heavy (non-hydrogen) atoms. The van der Waals surface area contributed by atoms with Crippen LogP contribution in [0.4, 0.5) is 11.5 Å². The van der Waals surface area contributed by atoms with E-state index in [9.17, 15) is 14.7 Å². The molecule has 1 N–H and O–H groups in total. The summed E-state index contributed by atoms with van der Waals surface area (Å²) in [6.45, 7) is 7.71. The number of imide groups is 2. The maximum atomic E-state index is 15.3. The number of aromatic hydroxyl groups is 1. The number of thiophene rings is 1. The first-order chi connectivity index (χ1) is 27.4. The third-order valence-electron chi connectivity index (χ3n) is 13.1. The predicted octanol–water partition coefficient (Wildman–Crippen LogP) is 9.20. The topological polar surface area (TPSA) is 113 Å². The molecule has 4 heterocycles. The summed E-state index contributed by atoms with van der Waals surface area (Å²) < 4.78 is 2.64. The molecule has 2 aliphatic carbocycles. The van der Waals surface area contributed by atoms with Crippen molar-refractivity contribution in [2.45, 2.75) is 32.6 Å². The summed E-state index contributed by atoms with van der Waals surface area (Å²) in [7, 11) is 1.74. The van der Waals surface area contributed by atoms with Crippen molar-refractivity contribution in [3.05, 3.63) is 125 Å². The van der Waals surface area contributed by atoms with Crippen LogP contribution in [0.2, 0.25) is 5.02 Å². The van der Waals surface area contributed by atoms with Gasteiger partial charge in [-0.15, -0.1) is 11.3 Å². The fourth-order valence-corrected chi connectivity index (χ4v) is 11.7. The van der Waals surface area contributed by atoms with Crippen LogP contribution in [0.15, 0.2) is 103 Å². The SMILES string of the molecule is C=Cc1ccc(N2C(=O)[C@H]3[C@H](CC=C4[C@H]3C[C@H]3C(=O)N(c5cc(-c6sc7ccc(Cl)cc7c6C)nn5C)C(=O)[C@@]3(C)[C@H]4c3ccc(O)c4ccccc34)C2=O)cc1. The molecule has 2 aliphatic heterocycles. The van der Waals surface area contributed by atoms with E-state index in [2.05, 4.69) is 6.58 Å². The molecule has 4 aromatic carbocycles. The first kappa shape index (κ1) is 35.6. The molecule has 4 amide bonds. The fraction of sp³-hybridized carbons (Fsp3) is 0.239. The van der Waals surface area contributed by atoms with E-state index < -0.39 is 35.0 Å². The van der Waals surface area contributed by atoms with Crippen molar-refractivity contribution in [2.24, 2.45) is 36.1 Å². The molecule has 6 aromatic rings. The van der Waals surface area contributed by atoms with Crippen molar-refractivity contribution in [1.29, 1.82) is 0 Å². The third kappa shape index (κ3) is 4.90. The lowest BCUT2D eigenvalue weighted by Gasteiger charge is -2.49. The molecule has 11 heteroatoms. The lowest BCUT2D eigenvalue weighted by Crippen LogP contribution is -2.49. The van der Waals surface area contributed by atoms with Gasteiger partial charge in [0, 0.05) is 34.1 Å². The van der Waals surface area contributed by atoms with Crippen molar-refractivity contribution < 1.29 is 24.3 Å². The second-order valence-electron chi connectivity index (χ2n) is 15.9. The van der Waals surface area contributed by atoms with Gasteiger partial charge in [0.15, 0.2) is 0 Å². The van der Waals surface area contributed by atoms with E-state index in [-0.39, 0.29) is 35.8 Å². The van der Waals surface area contributed by atoms with Crippen molar-refractivity contribution in [3.63, 3.8) is 0 Å². The van der Waals surface area contributed by atoms with Crippen molar-refractivity contribution >= 4 is 85.0 Å². The number of rotatable bonds is 5. The quantitative estimate of drug-likeness (QED) is 0.138. The van der Waals surface area contributed by atoms with Crippen LogP contribution in [-0.4, -0.2) is 38.5 Å². The van der Waals surface area contributed by atoms with Gasteiger partial charge in [-0.05, 0) is 96.5 Å². The standard InChI is InChI=1S/C46H37ClN4O5S/c1-5-24-10-13-26(14-11-24)50-42(53)31-16-15-30-33(39(31)44(50)55)21-34-43(54)51(38-22-35(48-49(38)4)41-23(2)32-20-25(47)12-19-37(32)57-41)45(56)46(34,3)40(30)29-17-18-36(52)28-9-7-6-8-27(28)29/h5-15,17-20,22,31,33-34,39-40,52H,1,16,21H2,2-4H3/t31-,33+,34-,39-,40-,46+/m0/s1. The Labute approximate surface area is 337 Å². The van der Waals surface area contributed by atoms with Gasteiger partial charge in [-0.3, -0.25) is 28.8 Å². The van der Waals surface area contributed by atoms with Gasteiger partial charge >= 0.3 is 0 Å². The highest BCUT2D eigenvalue weighted by atomic mass is 35.5. The van der Waals surface area contributed by atoms with Gasteiger partial charge in [0.25, 0.3) is 0 Å². The Morgan fingerprint density at radius 1 is 0.895 bits per heavy atom. The lowest BCUT2D eigenvalue weighted by molar-refractivity contribution is -0.131. The highest BCUT2D eigenvalue weighted by molar-refractivity contribution is 7.22. The number of benzene rings is 4. The zero-order chi connectivity index (χ0) is 39.7. The Morgan fingerprint density at radius 2 is 1.65 bits per heavy atom. The maximum absolute atomic E-state index is 15.3. The first-order valence-corrected chi connectivity index (χ1v) is 20.2. The third-order valence-corrected chi connectivity index (χ3v) is 14.7. The second kappa shape index (κ2) is 12.6. The predicted molar refractivity (Wildman–Crippen MR) is 223 cm³/mol. The van der Waals surface area contributed by atoms with Gasteiger partial charge in [0.2, 0.25) is 23.6 Å².